The summed E-state index contributed by atoms with van der Waals surface area (Å²) in [5, 5.41) is 3.66. The average Bonchev–Trinajstić information content (AvgIpc) is 2.57. The molecule has 0 unspecified atom stereocenters. The summed E-state index contributed by atoms with van der Waals surface area (Å²) in [6.07, 6.45) is 0. The van der Waals surface area contributed by atoms with Crippen LogP contribution < -0.4 is 19.5 Å². The number of benzene rings is 2. The highest BCUT2D eigenvalue weighted by Crippen LogP contribution is 2.27. The summed E-state index contributed by atoms with van der Waals surface area (Å²) in [6, 6.07) is 10.2. The van der Waals surface area contributed by atoms with Gasteiger partial charge in [0.25, 0.3) is 5.91 Å². The summed E-state index contributed by atoms with van der Waals surface area (Å²) in [6.45, 7) is 0.211. The normalized spacial score (nSPS) is 10.2. The van der Waals surface area contributed by atoms with Crippen molar-refractivity contribution in [1.29, 1.82) is 0 Å². The van der Waals surface area contributed by atoms with Crippen LogP contribution in [0.4, 0.5) is 0 Å². The van der Waals surface area contributed by atoms with Gasteiger partial charge in [-0.05, 0) is 35.9 Å². The number of nitrogens with one attached hydrogen (secondary N) is 1. The lowest BCUT2D eigenvalue weighted by molar-refractivity contribution is -0.123. The van der Waals surface area contributed by atoms with Gasteiger partial charge < -0.3 is 19.5 Å². The van der Waals surface area contributed by atoms with Crippen LogP contribution in [0.1, 0.15) is 5.56 Å². The molecular formula is C17H17Cl2NO4. The Morgan fingerprint density at radius 2 is 1.67 bits per heavy atom. The minimum atomic E-state index is -0.263. The third-order valence-electron chi connectivity index (χ3n) is 3.14. The fraction of sp³-hybridized carbons (Fsp3) is 0.235. The van der Waals surface area contributed by atoms with Gasteiger partial charge in [0.15, 0.2) is 18.1 Å². The number of hydrogen-bond donors (Lipinski definition) is 1. The van der Waals surface area contributed by atoms with Crippen LogP contribution in [-0.2, 0) is 11.3 Å². The molecule has 0 aliphatic rings. The largest absolute Gasteiger partial charge is 0.493 e. The van der Waals surface area contributed by atoms with Crippen molar-refractivity contribution in [3.05, 3.63) is 52.0 Å². The van der Waals surface area contributed by atoms with Crippen LogP contribution in [0.5, 0.6) is 17.2 Å². The molecule has 2 aromatic rings. The predicted octanol–water partition coefficient (Wildman–Crippen LogP) is 3.71. The number of carbonyl (C=O) groups excluding carboxylic acids is 1. The van der Waals surface area contributed by atoms with E-state index in [4.69, 9.17) is 37.4 Å². The molecule has 1 amide bonds. The zero-order chi connectivity index (χ0) is 17.5. The smallest absolute Gasteiger partial charge is 0.258 e. The Morgan fingerprint density at radius 1 is 1.00 bits per heavy atom. The summed E-state index contributed by atoms with van der Waals surface area (Å²) in [7, 11) is 3.13. The Morgan fingerprint density at radius 3 is 2.29 bits per heavy atom. The van der Waals surface area contributed by atoms with Crippen LogP contribution in [-0.4, -0.2) is 26.7 Å². The molecule has 0 radical (unpaired) electrons. The standard InChI is InChI=1S/C17H17Cl2NO4/c1-22-15-4-3-11(5-16(15)23-2)9-20-17(21)10-24-14-7-12(18)6-13(19)8-14/h3-8H,9-10H2,1-2H3,(H,20,21). The van der Waals surface area contributed by atoms with Gasteiger partial charge in [-0.3, -0.25) is 4.79 Å². The average molecular weight is 370 g/mol. The zero-order valence-electron chi connectivity index (χ0n) is 13.3. The summed E-state index contributed by atoms with van der Waals surface area (Å²) in [4.78, 5) is 11.9. The van der Waals surface area contributed by atoms with E-state index in [9.17, 15) is 4.79 Å². The number of ether oxygens (including phenoxy) is 3. The molecule has 5 nitrogen and oxygen atoms in total. The molecule has 0 heterocycles. The molecule has 1 N–H and O–H groups in total. The molecule has 0 spiro atoms. The maximum atomic E-state index is 11.9. The van der Waals surface area contributed by atoms with Gasteiger partial charge in [-0.2, -0.15) is 0 Å². The summed E-state index contributed by atoms with van der Waals surface area (Å²) in [5.41, 5.74) is 0.881. The van der Waals surface area contributed by atoms with E-state index in [1.54, 1.807) is 44.6 Å². The van der Waals surface area contributed by atoms with E-state index in [0.717, 1.165) is 5.56 Å². The van der Waals surface area contributed by atoms with Gasteiger partial charge in [-0.25, -0.2) is 0 Å². The number of hydrogen-bond acceptors (Lipinski definition) is 4. The van der Waals surface area contributed by atoms with Gasteiger partial charge in [-0.15, -0.1) is 0 Å². The van der Waals surface area contributed by atoms with E-state index < -0.39 is 0 Å². The summed E-state index contributed by atoms with van der Waals surface area (Å²) in [5.74, 6) is 1.41. The fourth-order valence-corrected chi connectivity index (χ4v) is 2.51. The first-order valence-corrected chi connectivity index (χ1v) is 7.84. The first-order valence-electron chi connectivity index (χ1n) is 7.08. The Bertz CT molecular complexity index is 701. The zero-order valence-corrected chi connectivity index (χ0v) is 14.8. The molecule has 0 aromatic heterocycles. The number of methoxy groups -OCH3 is 2. The lowest BCUT2D eigenvalue weighted by Crippen LogP contribution is -2.28. The van der Waals surface area contributed by atoms with Crippen molar-refractivity contribution in [3.63, 3.8) is 0 Å². The highest BCUT2D eigenvalue weighted by atomic mass is 35.5. The van der Waals surface area contributed by atoms with E-state index in [1.165, 1.54) is 0 Å². The third-order valence-corrected chi connectivity index (χ3v) is 3.58. The highest BCUT2D eigenvalue weighted by Gasteiger charge is 2.07. The van der Waals surface area contributed by atoms with E-state index in [2.05, 4.69) is 5.32 Å². The van der Waals surface area contributed by atoms with Gasteiger partial charge in [0.2, 0.25) is 0 Å². The first kappa shape index (κ1) is 18.2. The summed E-state index contributed by atoms with van der Waals surface area (Å²) >= 11 is 11.7. The van der Waals surface area contributed by atoms with Crippen LogP contribution in [0.3, 0.4) is 0 Å². The number of amides is 1. The third kappa shape index (κ3) is 5.22. The number of halogens is 2. The molecule has 0 fully saturated rings. The van der Waals surface area contributed by atoms with Gasteiger partial charge in [0, 0.05) is 16.6 Å². The van der Waals surface area contributed by atoms with Crippen molar-refractivity contribution in [2.45, 2.75) is 6.54 Å². The molecule has 0 bridgehead atoms. The quantitative estimate of drug-likeness (QED) is 0.808. The molecule has 24 heavy (non-hydrogen) atoms. The van der Waals surface area contributed by atoms with Crippen LogP contribution in [0.15, 0.2) is 36.4 Å². The Balaban J connectivity index is 1.87. The predicted molar refractivity (Wildman–Crippen MR) is 93.3 cm³/mol. The Labute approximate surface area is 150 Å². The van der Waals surface area contributed by atoms with Crippen LogP contribution in [0, 0.1) is 0 Å². The molecule has 0 saturated carbocycles. The second kappa shape index (κ2) is 8.66. The van der Waals surface area contributed by atoms with Crippen LogP contribution in [0.2, 0.25) is 10.0 Å². The first-order chi connectivity index (χ1) is 11.5. The summed E-state index contributed by atoms with van der Waals surface area (Å²) < 4.78 is 15.8. The van der Waals surface area contributed by atoms with Gasteiger partial charge in [0.1, 0.15) is 5.75 Å². The van der Waals surface area contributed by atoms with Crippen LogP contribution >= 0.6 is 23.2 Å². The monoisotopic (exact) mass is 369 g/mol. The second-order valence-corrected chi connectivity index (χ2v) is 5.73. The van der Waals surface area contributed by atoms with E-state index in [-0.39, 0.29) is 12.5 Å². The van der Waals surface area contributed by atoms with Gasteiger partial charge in [0.05, 0.1) is 14.2 Å². The van der Waals surface area contributed by atoms with Crippen molar-refractivity contribution in [2.24, 2.45) is 0 Å². The van der Waals surface area contributed by atoms with Crippen molar-refractivity contribution >= 4 is 29.1 Å². The van der Waals surface area contributed by atoms with E-state index in [0.29, 0.717) is 33.8 Å². The second-order valence-electron chi connectivity index (χ2n) is 4.86. The number of carbonyl (C=O) groups is 1. The molecule has 0 aliphatic carbocycles. The minimum absolute atomic E-state index is 0.135. The van der Waals surface area contributed by atoms with Crippen molar-refractivity contribution < 1.29 is 19.0 Å². The molecule has 7 heteroatoms. The Hall–Kier alpha value is -2.11. The van der Waals surface area contributed by atoms with Gasteiger partial charge in [-0.1, -0.05) is 29.3 Å². The van der Waals surface area contributed by atoms with Crippen molar-refractivity contribution in [3.8, 4) is 17.2 Å². The fourth-order valence-electron chi connectivity index (χ4n) is 2.00. The maximum Gasteiger partial charge on any atom is 0.258 e. The SMILES string of the molecule is COc1ccc(CNC(=O)COc2cc(Cl)cc(Cl)c2)cc1OC. The molecule has 128 valence electrons. The molecule has 0 atom stereocenters. The topological polar surface area (TPSA) is 56.8 Å². The molecule has 2 aromatic carbocycles. The van der Waals surface area contributed by atoms with Crippen LogP contribution in [0.25, 0.3) is 0 Å². The van der Waals surface area contributed by atoms with Crippen molar-refractivity contribution in [2.75, 3.05) is 20.8 Å². The minimum Gasteiger partial charge on any atom is -0.493 e. The lowest BCUT2D eigenvalue weighted by atomic mass is 10.2. The Kier molecular flexibility index (Phi) is 6.58. The highest BCUT2D eigenvalue weighted by molar-refractivity contribution is 6.34. The molecular weight excluding hydrogens is 353 g/mol. The lowest BCUT2D eigenvalue weighted by Gasteiger charge is -2.11. The maximum absolute atomic E-state index is 11.9. The van der Waals surface area contributed by atoms with E-state index in [1.807, 2.05) is 6.07 Å². The van der Waals surface area contributed by atoms with E-state index >= 15 is 0 Å². The number of rotatable bonds is 7. The molecule has 2 rings (SSSR count). The molecule has 0 aliphatic heterocycles. The molecule has 0 saturated heterocycles. The van der Waals surface area contributed by atoms with Gasteiger partial charge >= 0.3 is 0 Å². The van der Waals surface area contributed by atoms with Crippen molar-refractivity contribution in [1.82, 2.24) is 5.32 Å².